The number of ether oxygens (including phenoxy) is 1. The van der Waals surface area contributed by atoms with Crippen molar-refractivity contribution >= 4 is 23.2 Å². The Hall–Kier alpha value is -1.86. The standard InChI is InChI=1S/C14H18ClN3O4/c1-3-16-4-6-17(7-5-16)14(19)10-8-11(15)12(18(20)21)9-13(10)22-2/h8-9H,3-7H2,1-2H3. The summed E-state index contributed by atoms with van der Waals surface area (Å²) < 4.78 is 5.12. The zero-order valence-corrected chi connectivity index (χ0v) is 13.3. The van der Waals surface area contributed by atoms with Crippen molar-refractivity contribution in [2.45, 2.75) is 6.92 Å². The number of likely N-dealkylation sites (N-methyl/N-ethyl adjacent to an activating group) is 1. The van der Waals surface area contributed by atoms with Crippen molar-refractivity contribution < 1.29 is 14.5 Å². The molecule has 0 N–H and O–H groups in total. The van der Waals surface area contributed by atoms with E-state index in [1.54, 1.807) is 4.90 Å². The highest BCUT2D eigenvalue weighted by Crippen LogP contribution is 2.33. The molecular weight excluding hydrogens is 310 g/mol. The number of halogens is 1. The summed E-state index contributed by atoms with van der Waals surface area (Å²) in [5.74, 6) is -0.0524. The zero-order valence-electron chi connectivity index (χ0n) is 12.5. The molecule has 7 nitrogen and oxygen atoms in total. The first kappa shape index (κ1) is 16.5. The topological polar surface area (TPSA) is 75.9 Å². The molecule has 0 unspecified atom stereocenters. The largest absolute Gasteiger partial charge is 0.496 e. The number of carbonyl (C=O) groups excluding carboxylic acids is 1. The first-order valence-corrected chi connectivity index (χ1v) is 7.39. The molecular formula is C14H18ClN3O4. The van der Waals surface area contributed by atoms with E-state index < -0.39 is 4.92 Å². The van der Waals surface area contributed by atoms with Crippen LogP contribution in [0, 0.1) is 10.1 Å². The molecule has 0 aliphatic carbocycles. The second-order valence-corrected chi connectivity index (χ2v) is 5.39. The molecule has 1 saturated heterocycles. The number of rotatable bonds is 4. The average molecular weight is 328 g/mol. The van der Waals surface area contributed by atoms with Gasteiger partial charge in [0.1, 0.15) is 10.8 Å². The van der Waals surface area contributed by atoms with E-state index in [4.69, 9.17) is 16.3 Å². The van der Waals surface area contributed by atoms with Gasteiger partial charge in [-0.3, -0.25) is 14.9 Å². The van der Waals surface area contributed by atoms with Crippen molar-refractivity contribution in [2.75, 3.05) is 39.8 Å². The van der Waals surface area contributed by atoms with E-state index in [2.05, 4.69) is 11.8 Å². The van der Waals surface area contributed by atoms with Gasteiger partial charge in [0, 0.05) is 26.2 Å². The van der Waals surface area contributed by atoms with Gasteiger partial charge in [-0.2, -0.15) is 0 Å². The molecule has 120 valence electrons. The van der Waals surface area contributed by atoms with Gasteiger partial charge in [-0.15, -0.1) is 0 Å². The highest BCUT2D eigenvalue weighted by atomic mass is 35.5. The van der Waals surface area contributed by atoms with Gasteiger partial charge in [0.2, 0.25) is 0 Å². The van der Waals surface area contributed by atoms with Crippen LogP contribution in [0.15, 0.2) is 12.1 Å². The van der Waals surface area contributed by atoms with E-state index >= 15 is 0 Å². The smallest absolute Gasteiger partial charge is 0.291 e. The van der Waals surface area contributed by atoms with Gasteiger partial charge < -0.3 is 14.5 Å². The third-order valence-electron chi connectivity index (χ3n) is 3.80. The summed E-state index contributed by atoms with van der Waals surface area (Å²) in [5.41, 5.74) is -0.0195. The van der Waals surface area contributed by atoms with Crippen molar-refractivity contribution in [3.63, 3.8) is 0 Å². The third-order valence-corrected chi connectivity index (χ3v) is 4.11. The molecule has 1 amide bonds. The average Bonchev–Trinajstić information content (AvgIpc) is 2.53. The Bertz CT molecular complexity index is 586. The number of nitro groups is 1. The lowest BCUT2D eigenvalue weighted by Gasteiger charge is -2.34. The van der Waals surface area contributed by atoms with Crippen LogP contribution in [0.1, 0.15) is 17.3 Å². The Morgan fingerprint density at radius 1 is 1.36 bits per heavy atom. The maximum atomic E-state index is 12.6. The fourth-order valence-corrected chi connectivity index (χ4v) is 2.69. The molecule has 22 heavy (non-hydrogen) atoms. The summed E-state index contributed by atoms with van der Waals surface area (Å²) in [4.78, 5) is 26.9. The third kappa shape index (κ3) is 3.31. The summed E-state index contributed by atoms with van der Waals surface area (Å²) in [6, 6.07) is 2.50. The minimum atomic E-state index is -0.598. The lowest BCUT2D eigenvalue weighted by Crippen LogP contribution is -2.48. The molecule has 0 saturated carbocycles. The Balaban J connectivity index is 2.26. The summed E-state index contributed by atoms with van der Waals surface area (Å²) in [6.07, 6.45) is 0. The van der Waals surface area contributed by atoms with Crippen LogP contribution < -0.4 is 4.74 Å². The number of methoxy groups -OCH3 is 1. The van der Waals surface area contributed by atoms with Gasteiger partial charge in [-0.05, 0) is 12.6 Å². The number of hydrogen-bond acceptors (Lipinski definition) is 5. The van der Waals surface area contributed by atoms with Crippen molar-refractivity contribution in [2.24, 2.45) is 0 Å². The molecule has 1 aliphatic rings. The van der Waals surface area contributed by atoms with Crippen LogP contribution in [0.2, 0.25) is 5.02 Å². The van der Waals surface area contributed by atoms with Crippen molar-refractivity contribution in [1.82, 2.24) is 9.80 Å². The van der Waals surface area contributed by atoms with E-state index in [1.807, 2.05) is 0 Å². The van der Waals surface area contributed by atoms with Gasteiger partial charge >= 0.3 is 0 Å². The molecule has 0 bridgehead atoms. The van der Waals surface area contributed by atoms with Crippen molar-refractivity contribution in [3.8, 4) is 5.75 Å². The van der Waals surface area contributed by atoms with E-state index in [9.17, 15) is 14.9 Å². The molecule has 1 aromatic rings. The monoisotopic (exact) mass is 327 g/mol. The number of nitro benzene ring substituents is 1. The number of hydrogen-bond donors (Lipinski definition) is 0. The Kier molecular flexibility index (Phi) is 5.20. The normalized spacial score (nSPS) is 15.7. The molecule has 0 aromatic heterocycles. The second kappa shape index (κ2) is 6.93. The lowest BCUT2D eigenvalue weighted by atomic mass is 10.1. The predicted octanol–water partition coefficient (Wildman–Crippen LogP) is 2.03. The van der Waals surface area contributed by atoms with Gasteiger partial charge in [0.05, 0.1) is 23.7 Å². The van der Waals surface area contributed by atoms with Crippen molar-refractivity contribution in [3.05, 3.63) is 32.8 Å². The Morgan fingerprint density at radius 3 is 2.50 bits per heavy atom. The van der Waals surface area contributed by atoms with E-state index in [-0.39, 0.29) is 27.9 Å². The fourth-order valence-electron chi connectivity index (χ4n) is 2.46. The van der Waals surface area contributed by atoms with E-state index in [0.717, 1.165) is 19.6 Å². The molecule has 8 heteroatoms. The maximum Gasteiger partial charge on any atom is 0.291 e. The number of benzene rings is 1. The van der Waals surface area contributed by atoms with Gasteiger partial charge in [0.25, 0.3) is 11.6 Å². The molecule has 1 aromatic carbocycles. The maximum absolute atomic E-state index is 12.6. The zero-order chi connectivity index (χ0) is 16.3. The van der Waals surface area contributed by atoms with E-state index in [1.165, 1.54) is 19.2 Å². The van der Waals surface area contributed by atoms with Crippen LogP contribution in [0.25, 0.3) is 0 Å². The SMILES string of the molecule is CCN1CCN(C(=O)c2cc(Cl)c([N+](=O)[O-])cc2OC)CC1. The molecule has 2 rings (SSSR count). The number of nitrogens with zero attached hydrogens (tertiary/aromatic N) is 3. The van der Waals surface area contributed by atoms with Crippen LogP contribution in [-0.4, -0.2) is 60.5 Å². The predicted molar refractivity (Wildman–Crippen MR) is 82.7 cm³/mol. The summed E-state index contributed by atoms with van der Waals surface area (Å²) in [7, 11) is 1.37. The Labute approximate surface area is 133 Å². The lowest BCUT2D eigenvalue weighted by molar-refractivity contribution is -0.384. The minimum absolute atomic E-state index is 0.0682. The highest BCUT2D eigenvalue weighted by molar-refractivity contribution is 6.33. The first-order chi connectivity index (χ1) is 10.5. The molecule has 0 radical (unpaired) electrons. The highest BCUT2D eigenvalue weighted by Gasteiger charge is 2.26. The van der Waals surface area contributed by atoms with Gasteiger partial charge in [0.15, 0.2) is 0 Å². The van der Waals surface area contributed by atoms with Gasteiger partial charge in [-0.25, -0.2) is 0 Å². The first-order valence-electron chi connectivity index (χ1n) is 7.01. The Morgan fingerprint density at radius 2 is 2.00 bits per heavy atom. The number of carbonyl (C=O) groups is 1. The molecule has 0 spiro atoms. The fraction of sp³-hybridized carbons (Fsp3) is 0.500. The van der Waals surface area contributed by atoms with Crippen LogP contribution >= 0.6 is 11.6 Å². The number of piperazine rings is 1. The minimum Gasteiger partial charge on any atom is -0.496 e. The summed E-state index contributed by atoms with van der Waals surface area (Å²) in [5, 5.41) is 10.8. The van der Waals surface area contributed by atoms with Crippen molar-refractivity contribution in [1.29, 1.82) is 0 Å². The molecule has 1 heterocycles. The summed E-state index contributed by atoms with van der Waals surface area (Å²) >= 11 is 5.91. The second-order valence-electron chi connectivity index (χ2n) is 4.99. The van der Waals surface area contributed by atoms with Crippen LogP contribution in [0.4, 0.5) is 5.69 Å². The van der Waals surface area contributed by atoms with Crippen LogP contribution in [0.3, 0.4) is 0 Å². The van der Waals surface area contributed by atoms with Crippen LogP contribution in [-0.2, 0) is 0 Å². The number of amides is 1. The van der Waals surface area contributed by atoms with Gasteiger partial charge in [-0.1, -0.05) is 18.5 Å². The summed E-state index contributed by atoms with van der Waals surface area (Å²) in [6.45, 7) is 5.89. The molecule has 0 atom stereocenters. The van der Waals surface area contributed by atoms with Crippen LogP contribution in [0.5, 0.6) is 5.75 Å². The molecule has 1 fully saturated rings. The van der Waals surface area contributed by atoms with E-state index in [0.29, 0.717) is 13.1 Å². The molecule has 1 aliphatic heterocycles. The quantitative estimate of drug-likeness (QED) is 0.625.